The number of nitrogens with zero attached hydrogens (tertiary/aromatic N) is 1. The monoisotopic (exact) mass is 342 g/mol. The van der Waals surface area contributed by atoms with E-state index in [1.54, 1.807) is 12.1 Å². The average Bonchev–Trinajstić information content (AvgIpc) is 2.79. The molecule has 2 aromatic carbocycles. The number of imide groups is 1. The van der Waals surface area contributed by atoms with Gasteiger partial charge in [0.15, 0.2) is 0 Å². The Labute approximate surface area is 146 Å². The van der Waals surface area contributed by atoms with Crippen molar-refractivity contribution < 1.29 is 9.59 Å². The van der Waals surface area contributed by atoms with Crippen molar-refractivity contribution in [3.05, 3.63) is 58.1 Å². The molecule has 1 fully saturated rings. The second-order valence-electron chi connectivity index (χ2n) is 6.22. The molecule has 0 bridgehead atoms. The Kier molecular flexibility index (Phi) is 4.33. The summed E-state index contributed by atoms with van der Waals surface area (Å²) in [5.41, 5.74) is 4.50. The maximum atomic E-state index is 12.7. The highest BCUT2D eigenvalue weighted by molar-refractivity contribution is 6.32. The lowest BCUT2D eigenvalue weighted by Crippen LogP contribution is -2.34. The molecule has 0 radical (unpaired) electrons. The Morgan fingerprint density at radius 1 is 1.04 bits per heavy atom. The molecule has 1 aliphatic rings. The summed E-state index contributed by atoms with van der Waals surface area (Å²) in [5.74, 6) is -0.470. The molecule has 1 heterocycles. The number of nitrogens with one attached hydrogen (secondary N) is 1. The van der Waals surface area contributed by atoms with Gasteiger partial charge in [0.05, 0.1) is 12.1 Å². The van der Waals surface area contributed by atoms with Gasteiger partial charge in [0.1, 0.15) is 6.04 Å². The molecule has 2 amide bonds. The van der Waals surface area contributed by atoms with Gasteiger partial charge in [0.25, 0.3) is 5.91 Å². The first kappa shape index (κ1) is 16.5. The smallest absolute Gasteiger partial charge is 0.256 e. The van der Waals surface area contributed by atoms with E-state index < -0.39 is 6.04 Å². The standard InChI is InChI=1S/C19H19ClN2O2/c1-11-4-7-16(13(3)8-11)21-17-10-18(23)22(19(17)24)14-6-5-12(2)15(20)9-14/h4-9,17,21H,10H2,1-3H3/t17-/m0/s1. The summed E-state index contributed by atoms with van der Waals surface area (Å²) in [5, 5.41) is 3.74. The quantitative estimate of drug-likeness (QED) is 0.857. The molecule has 2 aromatic rings. The molecule has 1 aliphatic heterocycles. The van der Waals surface area contributed by atoms with Crippen LogP contribution >= 0.6 is 11.6 Å². The van der Waals surface area contributed by atoms with Crippen LogP contribution in [0.5, 0.6) is 0 Å². The zero-order valence-electron chi connectivity index (χ0n) is 13.9. The molecule has 0 aliphatic carbocycles. The predicted octanol–water partition coefficient (Wildman–Crippen LogP) is 4.01. The third-order valence-corrected chi connectivity index (χ3v) is 4.68. The number of carbonyl (C=O) groups excluding carboxylic acids is 2. The van der Waals surface area contributed by atoms with E-state index in [-0.39, 0.29) is 18.2 Å². The summed E-state index contributed by atoms with van der Waals surface area (Å²) in [6, 6.07) is 10.6. The van der Waals surface area contributed by atoms with Crippen molar-refractivity contribution in [2.75, 3.05) is 10.2 Å². The Morgan fingerprint density at radius 2 is 1.79 bits per heavy atom. The van der Waals surface area contributed by atoms with Gasteiger partial charge in [-0.25, -0.2) is 4.90 Å². The van der Waals surface area contributed by atoms with Crippen molar-refractivity contribution in [2.45, 2.75) is 33.2 Å². The topological polar surface area (TPSA) is 49.4 Å². The highest BCUT2D eigenvalue weighted by atomic mass is 35.5. The fourth-order valence-electron chi connectivity index (χ4n) is 2.90. The average molecular weight is 343 g/mol. The van der Waals surface area contributed by atoms with E-state index >= 15 is 0 Å². The number of anilines is 2. The van der Waals surface area contributed by atoms with E-state index in [1.807, 2.05) is 45.0 Å². The molecule has 5 heteroatoms. The molecule has 0 aromatic heterocycles. The first-order valence-corrected chi connectivity index (χ1v) is 8.21. The summed E-state index contributed by atoms with van der Waals surface area (Å²) < 4.78 is 0. The van der Waals surface area contributed by atoms with E-state index in [2.05, 4.69) is 5.32 Å². The van der Waals surface area contributed by atoms with Crippen LogP contribution in [0.15, 0.2) is 36.4 Å². The van der Waals surface area contributed by atoms with Crippen LogP contribution in [0.2, 0.25) is 5.02 Å². The zero-order chi connectivity index (χ0) is 17.4. The number of aryl methyl sites for hydroxylation is 3. The minimum atomic E-state index is -0.556. The normalized spacial score (nSPS) is 17.5. The Morgan fingerprint density at radius 3 is 2.46 bits per heavy atom. The number of hydrogen-bond donors (Lipinski definition) is 1. The molecule has 24 heavy (non-hydrogen) atoms. The minimum Gasteiger partial charge on any atom is -0.373 e. The Bertz CT molecular complexity index is 832. The van der Waals surface area contributed by atoms with Gasteiger partial charge in [-0.1, -0.05) is 35.4 Å². The van der Waals surface area contributed by atoms with Crippen LogP contribution in [0, 0.1) is 20.8 Å². The number of halogens is 1. The molecule has 0 saturated carbocycles. The fourth-order valence-corrected chi connectivity index (χ4v) is 3.07. The lowest BCUT2D eigenvalue weighted by Gasteiger charge is -2.17. The maximum Gasteiger partial charge on any atom is 0.256 e. The number of rotatable bonds is 3. The molecule has 1 atom stereocenters. The third kappa shape index (κ3) is 3.02. The van der Waals surface area contributed by atoms with Gasteiger partial charge < -0.3 is 5.32 Å². The molecule has 3 rings (SSSR count). The molecule has 0 spiro atoms. The first-order valence-electron chi connectivity index (χ1n) is 7.83. The number of carbonyl (C=O) groups is 2. The van der Waals surface area contributed by atoms with Crippen LogP contribution in [0.1, 0.15) is 23.1 Å². The summed E-state index contributed by atoms with van der Waals surface area (Å²) in [6.07, 6.45) is 0.137. The van der Waals surface area contributed by atoms with Crippen molar-refractivity contribution >= 4 is 34.8 Å². The van der Waals surface area contributed by atoms with Crippen LogP contribution in [0.25, 0.3) is 0 Å². The van der Waals surface area contributed by atoms with Gasteiger partial charge in [-0.15, -0.1) is 0 Å². The lowest BCUT2D eigenvalue weighted by molar-refractivity contribution is -0.121. The van der Waals surface area contributed by atoms with Gasteiger partial charge in [-0.05, 0) is 50.1 Å². The first-order chi connectivity index (χ1) is 11.4. The third-order valence-electron chi connectivity index (χ3n) is 4.27. The molecule has 0 unspecified atom stereocenters. The van der Waals surface area contributed by atoms with Crippen molar-refractivity contribution in [3.8, 4) is 0 Å². The minimum absolute atomic E-state index is 0.137. The second kappa shape index (κ2) is 6.29. The van der Waals surface area contributed by atoms with Crippen LogP contribution in [0.3, 0.4) is 0 Å². The van der Waals surface area contributed by atoms with Crippen LogP contribution in [0.4, 0.5) is 11.4 Å². The van der Waals surface area contributed by atoms with Crippen molar-refractivity contribution in [3.63, 3.8) is 0 Å². The summed E-state index contributed by atoms with van der Waals surface area (Å²) in [6.45, 7) is 5.88. The van der Waals surface area contributed by atoms with Crippen molar-refractivity contribution in [1.29, 1.82) is 0 Å². The lowest BCUT2D eigenvalue weighted by atomic mass is 10.1. The van der Waals surface area contributed by atoms with E-state index in [1.165, 1.54) is 4.90 Å². The molecule has 4 nitrogen and oxygen atoms in total. The summed E-state index contributed by atoms with van der Waals surface area (Å²) in [4.78, 5) is 26.3. The second-order valence-corrected chi connectivity index (χ2v) is 6.63. The van der Waals surface area contributed by atoms with Crippen molar-refractivity contribution in [2.24, 2.45) is 0 Å². The van der Waals surface area contributed by atoms with Gasteiger partial charge in [-0.3, -0.25) is 9.59 Å². The SMILES string of the molecule is Cc1ccc(N[C@H]2CC(=O)N(c3ccc(C)c(Cl)c3)C2=O)c(C)c1. The molecule has 1 N–H and O–H groups in total. The summed E-state index contributed by atoms with van der Waals surface area (Å²) >= 11 is 6.12. The van der Waals surface area contributed by atoms with E-state index in [0.29, 0.717) is 10.7 Å². The van der Waals surface area contributed by atoms with E-state index in [0.717, 1.165) is 22.4 Å². The Hall–Kier alpha value is -2.33. The zero-order valence-corrected chi connectivity index (χ0v) is 14.6. The van der Waals surface area contributed by atoms with Gasteiger partial charge >= 0.3 is 0 Å². The highest BCUT2D eigenvalue weighted by Gasteiger charge is 2.39. The van der Waals surface area contributed by atoms with Gasteiger partial charge in [-0.2, -0.15) is 0 Å². The maximum absolute atomic E-state index is 12.7. The predicted molar refractivity (Wildman–Crippen MR) is 96.6 cm³/mol. The number of amides is 2. The highest BCUT2D eigenvalue weighted by Crippen LogP contribution is 2.29. The van der Waals surface area contributed by atoms with Gasteiger partial charge in [0.2, 0.25) is 5.91 Å². The van der Waals surface area contributed by atoms with E-state index in [4.69, 9.17) is 11.6 Å². The van der Waals surface area contributed by atoms with Crippen molar-refractivity contribution in [1.82, 2.24) is 0 Å². The van der Waals surface area contributed by atoms with Gasteiger partial charge in [0, 0.05) is 10.7 Å². The molecule has 1 saturated heterocycles. The summed E-state index contributed by atoms with van der Waals surface area (Å²) in [7, 11) is 0. The molecular formula is C19H19ClN2O2. The fraction of sp³-hybridized carbons (Fsp3) is 0.263. The number of benzene rings is 2. The Balaban J connectivity index is 1.84. The molecule has 124 valence electrons. The van der Waals surface area contributed by atoms with Crippen LogP contribution < -0.4 is 10.2 Å². The van der Waals surface area contributed by atoms with Crippen LogP contribution in [-0.4, -0.2) is 17.9 Å². The van der Waals surface area contributed by atoms with E-state index in [9.17, 15) is 9.59 Å². The molecular weight excluding hydrogens is 324 g/mol. The van der Waals surface area contributed by atoms with Crippen LogP contribution in [-0.2, 0) is 9.59 Å². The largest absolute Gasteiger partial charge is 0.373 e. The number of hydrogen-bond acceptors (Lipinski definition) is 3.